The maximum Gasteiger partial charge on any atom is 0.225 e. The van der Waals surface area contributed by atoms with E-state index in [-0.39, 0.29) is 11.9 Å². The molecule has 76 valence electrons. The number of hydrogen-bond acceptors (Lipinski definition) is 3. The standard InChI is InChI=1S/C8H16N2O2S/c1-6(8(9)13)10(2)7(11)4-5-12-3/h6H,4-5H2,1-3H3,(H2,9,13). The zero-order chi connectivity index (χ0) is 10.4. The van der Waals surface area contributed by atoms with Crippen LogP contribution in [0.2, 0.25) is 0 Å². The van der Waals surface area contributed by atoms with Crippen LogP contribution in [0.1, 0.15) is 13.3 Å². The highest BCUT2D eigenvalue weighted by atomic mass is 32.1. The summed E-state index contributed by atoms with van der Waals surface area (Å²) in [5, 5.41) is 0. The first-order chi connectivity index (χ1) is 6.00. The van der Waals surface area contributed by atoms with E-state index in [1.165, 1.54) is 4.90 Å². The Bertz CT molecular complexity index is 197. The Hall–Kier alpha value is -0.680. The Kier molecular flexibility index (Phi) is 5.57. The smallest absolute Gasteiger partial charge is 0.225 e. The number of thiocarbonyl (C=S) groups is 1. The van der Waals surface area contributed by atoms with Gasteiger partial charge in [0, 0.05) is 14.2 Å². The Morgan fingerprint density at radius 3 is 2.62 bits per heavy atom. The van der Waals surface area contributed by atoms with Crippen molar-refractivity contribution in [2.45, 2.75) is 19.4 Å². The van der Waals surface area contributed by atoms with Gasteiger partial charge in [-0.15, -0.1) is 0 Å². The minimum absolute atomic E-state index is 0.0119. The van der Waals surface area contributed by atoms with Gasteiger partial charge in [-0.3, -0.25) is 4.79 Å². The molecule has 0 bridgehead atoms. The van der Waals surface area contributed by atoms with Crippen molar-refractivity contribution < 1.29 is 9.53 Å². The number of nitrogens with zero attached hydrogens (tertiary/aromatic N) is 1. The summed E-state index contributed by atoms with van der Waals surface area (Å²) < 4.78 is 4.79. The lowest BCUT2D eigenvalue weighted by atomic mass is 10.2. The van der Waals surface area contributed by atoms with E-state index < -0.39 is 0 Å². The fourth-order valence-corrected chi connectivity index (χ4v) is 0.931. The molecule has 0 aromatic heterocycles. The zero-order valence-corrected chi connectivity index (χ0v) is 9.06. The maximum atomic E-state index is 11.4. The van der Waals surface area contributed by atoms with Crippen molar-refractivity contribution in [3.63, 3.8) is 0 Å². The molecule has 1 unspecified atom stereocenters. The van der Waals surface area contributed by atoms with Gasteiger partial charge in [-0.25, -0.2) is 0 Å². The van der Waals surface area contributed by atoms with Crippen LogP contribution in [0.4, 0.5) is 0 Å². The Morgan fingerprint density at radius 1 is 1.69 bits per heavy atom. The Labute approximate surface area is 84.0 Å². The summed E-state index contributed by atoms with van der Waals surface area (Å²) in [6, 6.07) is -0.195. The van der Waals surface area contributed by atoms with Crippen LogP contribution in [0.5, 0.6) is 0 Å². The van der Waals surface area contributed by atoms with E-state index >= 15 is 0 Å². The van der Waals surface area contributed by atoms with Crippen LogP contribution in [-0.4, -0.2) is 42.6 Å². The van der Waals surface area contributed by atoms with Crippen LogP contribution in [0.15, 0.2) is 0 Å². The highest BCUT2D eigenvalue weighted by Crippen LogP contribution is 1.99. The number of amides is 1. The van der Waals surface area contributed by atoms with E-state index in [1.54, 1.807) is 21.1 Å². The highest BCUT2D eigenvalue weighted by Gasteiger charge is 2.16. The molecule has 0 aromatic carbocycles. The molecule has 0 aliphatic carbocycles. The van der Waals surface area contributed by atoms with E-state index in [4.69, 9.17) is 22.7 Å². The molecule has 0 fully saturated rings. The van der Waals surface area contributed by atoms with Gasteiger partial charge in [0.1, 0.15) is 0 Å². The first kappa shape index (κ1) is 12.3. The first-order valence-electron chi connectivity index (χ1n) is 4.04. The van der Waals surface area contributed by atoms with Gasteiger partial charge in [-0.05, 0) is 6.92 Å². The number of carbonyl (C=O) groups is 1. The summed E-state index contributed by atoms with van der Waals surface area (Å²) in [7, 11) is 3.24. The normalized spacial score (nSPS) is 12.2. The molecule has 1 amide bonds. The van der Waals surface area contributed by atoms with Crippen LogP contribution < -0.4 is 5.73 Å². The minimum Gasteiger partial charge on any atom is -0.392 e. The quantitative estimate of drug-likeness (QED) is 0.648. The van der Waals surface area contributed by atoms with Crippen LogP contribution in [0, 0.1) is 0 Å². The van der Waals surface area contributed by atoms with Gasteiger partial charge in [-0.1, -0.05) is 12.2 Å². The van der Waals surface area contributed by atoms with Gasteiger partial charge in [0.25, 0.3) is 0 Å². The average Bonchev–Trinajstić information content (AvgIpc) is 2.11. The molecule has 0 spiro atoms. The van der Waals surface area contributed by atoms with E-state index in [0.29, 0.717) is 18.0 Å². The van der Waals surface area contributed by atoms with Gasteiger partial charge in [0.05, 0.1) is 24.1 Å². The van der Waals surface area contributed by atoms with Gasteiger partial charge >= 0.3 is 0 Å². The predicted octanol–water partition coefficient (Wildman–Crippen LogP) is 0.156. The lowest BCUT2D eigenvalue weighted by Crippen LogP contribution is -2.42. The summed E-state index contributed by atoms with van der Waals surface area (Å²) in [6.07, 6.45) is 0.361. The second kappa shape index (κ2) is 5.88. The first-order valence-corrected chi connectivity index (χ1v) is 4.45. The summed E-state index contributed by atoms with van der Waals surface area (Å²) in [5.41, 5.74) is 5.41. The summed E-state index contributed by atoms with van der Waals surface area (Å²) in [6.45, 7) is 2.22. The summed E-state index contributed by atoms with van der Waals surface area (Å²) in [5.74, 6) is -0.0119. The van der Waals surface area contributed by atoms with Crippen molar-refractivity contribution in [2.75, 3.05) is 20.8 Å². The van der Waals surface area contributed by atoms with Crippen LogP contribution >= 0.6 is 12.2 Å². The van der Waals surface area contributed by atoms with E-state index in [1.807, 2.05) is 0 Å². The molecule has 0 heterocycles. The largest absolute Gasteiger partial charge is 0.392 e. The predicted molar refractivity (Wildman–Crippen MR) is 55.5 cm³/mol. The van der Waals surface area contributed by atoms with Crippen LogP contribution in [0.25, 0.3) is 0 Å². The number of ether oxygens (including phenoxy) is 1. The third-order valence-corrected chi connectivity index (χ3v) is 2.25. The van der Waals surface area contributed by atoms with E-state index in [0.717, 1.165) is 0 Å². The van der Waals surface area contributed by atoms with Gasteiger partial charge in [0.2, 0.25) is 5.91 Å². The number of carbonyl (C=O) groups excluding carboxylic acids is 1. The monoisotopic (exact) mass is 204 g/mol. The molecule has 0 aliphatic rings. The van der Waals surface area contributed by atoms with Gasteiger partial charge in [-0.2, -0.15) is 0 Å². The minimum atomic E-state index is -0.195. The molecule has 4 nitrogen and oxygen atoms in total. The number of likely N-dealkylation sites (N-methyl/N-ethyl adjacent to an activating group) is 1. The molecular formula is C8H16N2O2S. The van der Waals surface area contributed by atoms with Crippen molar-refractivity contribution in [1.29, 1.82) is 0 Å². The molecule has 0 rings (SSSR count). The van der Waals surface area contributed by atoms with Crippen molar-refractivity contribution in [3.8, 4) is 0 Å². The maximum absolute atomic E-state index is 11.4. The fourth-order valence-electron chi connectivity index (χ4n) is 0.773. The molecule has 0 saturated heterocycles. The summed E-state index contributed by atoms with van der Waals surface area (Å²) >= 11 is 4.78. The van der Waals surface area contributed by atoms with Gasteiger partial charge in [0.15, 0.2) is 0 Å². The number of hydrogen-bond donors (Lipinski definition) is 1. The molecule has 5 heteroatoms. The number of nitrogens with two attached hydrogens (primary N) is 1. The third kappa shape index (κ3) is 4.19. The van der Waals surface area contributed by atoms with Crippen molar-refractivity contribution in [2.24, 2.45) is 5.73 Å². The van der Waals surface area contributed by atoms with Crippen molar-refractivity contribution in [3.05, 3.63) is 0 Å². The fraction of sp³-hybridized carbons (Fsp3) is 0.750. The van der Waals surface area contributed by atoms with Crippen molar-refractivity contribution >= 4 is 23.1 Å². The molecule has 0 aromatic rings. The summed E-state index contributed by atoms with van der Waals surface area (Å²) in [4.78, 5) is 13.2. The third-order valence-electron chi connectivity index (χ3n) is 1.91. The Balaban J connectivity index is 4.01. The van der Waals surface area contributed by atoms with Crippen LogP contribution in [0.3, 0.4) is 0 Å². The number of rotatable bonds is 5. The highest BCUT2D eigenvalue weighted by molar-refractivity contribution is 7.80. The van der Waals surface area contributed by atoms with Gasteiger partial charge < -0.3 is 15.4 Å². The molecule has 1 atom stereocenters. The lowest BCUT2D eigenvalue weighted by molar-refractivity contribution is -0.131. The van der Waals surface area contributed by atoms with E-state index in [9.17, 15) is 4.79 Å². The second-order valence-electron chi connectivity index (χ2n) is 2.83. The average molecular weight is 204 g/mol. The number of methoxy groups -OCH3 is 1. The topological polar surface area (TPSA) is 55.6 Å². The Morgan fingerprint density at radius 2 is 2.23 bits per heavy atom. The molecule has 0 aliphatic heterocycles. The van der Waals surface area contributed by atoms with Crippen LogP contribution in [-0.2, 0) is 9.53 Å². The van der Waals surface area contributed by atoms with Crippen molar-refractivity contribution in [1.82, 2.24) is 4.90 Å². The zero-order valence-electron chi connectivity index (χ0n) is 8.24. The molecule has 0 saturated carbocycles. The molecular weight excluding hydrogens is 188 g/mol. The molecule has 2 N–H and O–H groups in total. The molecule has 13 heavy (non-hydrogen) atoms. The SMILES string of the molecule is COCCC(=O)N(C)C(C)C(N)=S. The lowest BCUT2D eigenvalue weighted by Gasteiger charge is -2.23. The second-order valence-corrected chi connectivity index (χ2v) is 3.30. The van der Waals surface area contributed by atoms with E-state index in [2.05, 4.69) is 0 Å². The molecule has 0 radical (unpaired) electrons.